The first kappa shape index (κ1) is 22.1. The summed E-state index contributed by atoms with van der Waals surface area (Å²) in [5.41, 5.74) is 1.30. The number of nitrogens with zero attached hydrogens (tertiary/aromatic N) is 7. The lowest BCUT2D eigenvalue weighted by atomic mass is 9.70. The van der Waals surface area contributed by atoms with E-state index in [1.54, 1.807) is 42.5 Å². The highest BCUT2D eigenvalue weighted by Crippen LogP contribution is 2.43. The Kier molecular flexibility index (Phi) is 6.08. The Morgan fingerprint density at radius 2 is 2.06 bits per heavy atom. The number of aryl methyl sites for hydroxylation is 1. The highest BCUT2D eigenvalue weighted by atomic mass is 19.1. The normalized spacial score (nSPS) is 23.3. The van der Waals surface area contributed by atoms with E-state index in [9.17, 15) is 9.50 Å². The Balaban J connectivity index is 1.52. The van der Waals surface area contributed by atoms with E-state index in [-0.39, 0.29) is 17.2 Å². The van der Waals surface area contributed by atoms with Crippen LogP contribution in [0.3, 0.4) is 0 Å². The maximum atomic E-state index is 14.8. The molecule has 1 aliphatic carbocycles. The van der Waals surface area contributed by atoms with Crippen molar-refractivity contribution in [2.75, 3.05) is 11.9 Å². The Hall–Kier alpha value is -3.10. The lowest BCUT2D eigenvalue weighted by Gasteiger charge is -2.43. The summed E-state index contributed by atoms with van der Waals surface area (Å²) in [5.74, 6) is 1.37. The Bertz CT molecular complexity index is 1070. The molecule has 0 bridgehead atoms. The Morgan fingerprint density at radius 3 is 2.69 bits per heavy atom. The molecule has 32 heavy (non-hydrogen) atoms. The molecule has 1 saturated carbocycles. The van der Waals surface area contributed by atoms with Crippen LogP contribution in [0.2, 0.25) is 0 Å². The first-order valence-electron chi connectivity index (χ1n) is 11.1. The fraction of sp³-hybridized carbons (Fsp3) is 0.522. The topological polar surface area (TPSA) is 92.9 Å². The zero-order valence-electron chi connectivity index (χ0n) is 19.0. The summed E-state index contributed by atoms with van der Waals surface area (Å²) in [7, 11) is 3.64. The van der Waals surface area contributed by atoms with E-state index in [4.69, 9.17) is 0 Å². The van der Waals surface area contributed by atoms with E-state index in [1.807, 2.05) is 11.9 Å². The van der Waals surface area contributed by atoms with Gasteiger partial charge in [-0.2, -0.15) is 5.10 Å². The average molecular weight is 440 g/mol. The number of rotatable bonds is 6. The molecule has 0 aliphatic heterocycles. The molecule has 170 valence electrons. The summed E-state index contributed by atoms with van der Waals surface area (Å²) in [5, 5.41) is 23.3. The third kappa shape index (κ3) is 4.42. The van der Waals surface area contributed by atoms with Crippen molar-refractivity contribution in [3.63, 3.8) is 0 Å². The highest BCUT2D eigenvalue weighted by Gasteiger charge is 2.39. The van der Waals surface area contributed by atoms with Gasteiger partial charge in [0.05, 0.1) is 17.8 Å². The van der Waals surface area contributed by atoms with Crippen LogP contribution in [-0.2, 0) is 7.05 Å². The van der Waals surface area contributed by atoms with Crippen LogP contribution in [0, 0.1) is 5.41 Å². The van der Waals surface area contributed by atoms with Gasteiger partial charge in [-0.15, -0.1) is 10.2 Å². The number of phenolic OH excluding ortho intramolecular Hbond substituents is 1. The number of aromatic nitrogens is 6. The monoisotopic (exact) mass is 439 g/mol. The molecule has 9 heteroatoms. The maximum absolute atomic E-state index is 14.8. The van der Waals surface area contributed by atoms with Gasteiger partial charge < -0.3 is 10.0 Å². The van der Waals surface area contributed by atoms with Crippen molar-refractivity contribution >= 4 is 5.82 Å². The second-order valence-corrected chi connectivity index (χ2v) is 9.11. The number of aromatic hydroxyl groups is 1. The van der Waals surface area contributed by atoms with Gasteiger partial charge in [-0.25, -0.2) is 14.4 Å². The van der Waals surface area contributed by atoms with E-state index >= 15 is 0 Å². The van der Waals surface area contributed by atoms with E-state index in [1.165, 1.54) is 0 Å². The predicted molar refractivity (Wildman–Crippen MR) is 121 cm³/mol. The molecule has 1 N–H and O–H groups in total. The molecular formula is C23H30FN7O. The van der Waals surface area contributed by atoms with Gasteiger partial charge in [0.2, 0.25) is 0 Å². The molecule has 1 aliphatic rings. The first-order chi connectivity index (χ1) is 15.3. The van der Waals surface area contributed by atoms with Crippen LogP contribution in [0.4, 0.5) is 10.2 Å². The van der Waals surface area contributed by atoms with E-state index in [0.29, 0.717) is 35.0 Å². The predicted octanol–water partition coefficient (Wildman–Crippen LogP) is 4.17. The second kappa shape index (κ2) is 8.80. The fourth-order valence-corrected chi connectivity index (χ4v) is 4.68. The third-order valence-corrected chi connectivity index (χ3v) is 6.50. The quantitative estimate of drug-likeness (QED) is 0.616. The summed E-state index contributed by atoms with van der Waals surface area (Å²) in [6.07, 6.45) is 6.74. The number of hydrogen-bond donors (Lipinski definition) is 1. The molecule has 2 aromatic heterocycles. The average Bonchev–Trinajstić information content (AvgIpc) is 3.22. The largest absolute Gasteiger partial charge is 0.507 e. The zero-order chi connectivity index (χ0) is 22.9. The standard InChI is InChI=1S/C23H30FN7O/c1-5-9-23(2)10-8-17(24)18(12-23)31(4)20-13-25-22(28-27-20)16-7-6-15(11-19(16)32)21-26-14-30(3)29-21/h6-7,11,13-14,17-18,32H,5,8-10,12H2,1-4H3/t17-,18+,23+/m0/s1. The molecule has 1 aromatic carbocycles. The number of halogens is 1. The molecule has 0 unspecified atom stereocenters. The third-order valence-electron chi connectivity index (χ3n) is 6.50. The number of hydrogen-bond acceptors (Lipinski definition) is 7. The second-order valence-electron chi connectivity index (χ2n) is 9.11. The molecule has 8 nitrogen and oxygen atoms in total. The van der Waals surface area contributed by atoms with Crippen molar-refractivity contribution < 1.29 is 9.50 Å². The number of phenols is 1. The molecule has 0 amide bonds. The SMILES string of the molecule is CCC[C@]1(C)CC[C@H](F)[C@H](N(C)c2cnc(-c3ccc(-c4ncn(C)n4)cc3O)nn2)C1. The van der Waals surface area contributed by atoms with Gasteiger partial charge in [-0.1, -0.05) is 26.3 Å². The van der Waals surface area contributed by atoms with E-state index in [2.05, 4.69) is 39.1 Å². The molecule has 3 atom stereocenters. The molecule has 3 aromatic rings. The minimum absolute atomic E-state index is 0.0179. The summed E-state index contributed by atoms with van der Waals surface area (Å²) in [6.45, 7) is 4.43. The van der Waals surface area contributed by atoms with Gasteiger partial charge in [0, 0.05) is 19.7 Å². The van der Waals surface area contributed by atoms with Gasteiger partial charge in [0.15, 0.2) is 17.5 Å². The molecule has 0 saturated heterocycles. The summed E-state index contributed by atoms with van der Waals surface area (Å²) in [4.78, 5) is 10.4. The molecule has 0 spiro atoms. The van der Waals surface area contributed by atoms with E-state index < -0.39 is 6.17 Å². The van der Waals surface area contributed by atoms with Gasteiger partial charge in [0.25, 0.3) is 0 Å². The smallest absolute Gasteiger partial charge is 0.185 e. The van der Waals surface area contributed by atoms with Crippen molar-refractivity contribution in [2.24, 2.45) is 12.5 Å². The molecular weight excluding hydrogens is 409 g/mol. The summed E-state index contributed by atoms with van der Waals surface area (Å²) >= 11 is 0. The maximum Gasteiger partial charge on any atom is 0.185 e. The minimum Gasteiger partial charge on any atom is -0.507 e. The van der Waals surface area contributed by atoms with Gasteiger partial charge in [0.1, 0.15) is 18.2 Å². The van der Waals surface area contributed by atoms with Crippen molar-refractivity contribution in [1.29, 1.82) is 0 Å². The minimum atomic E-state index is -0.900. The molecule has 0 radical (unpaired) electrons. The molecule has 2 heterocycles. The summed E-state index contributed by atoms with van der Waals surface area (Å²) in [6, 6.07) is 4.85. The summed E-state index contributed by atoms with van der Waals surface area (Å²) < 4.78 is 16.4. The fourth-order valence-electron chi connectivity index (χ4n) is 4.68. The lowest BCUT2D eigenvalue weighted by molar-refractivity contribution is 0.102. The van der Waals surface area contributed by atoms with Crippen molar-refractivity contribution in [1.82, 2.24) is 29.9 Å². The van der Waals surface area contributed by atoms with Crippen molar-refractivity contribution in [3.8, 4) is 28.5 Å². The van der Waals surface area contributed by atoms with Crippen LogP contribution in [0.1, 0.15) is 46.0 Å². The van der Waals surface area contributed by atoms with Crippen molar-refractivity contribution in [2.45, 2.75) is 58.2 Å². The first-order valence-corrected chi connectivity index (χ1v) is 11.1. The van der Waals surface area contributed by atoms with Crippen molar-refractivity contribution in [3.05, 3.63) is 30.7 Å². The molecule has 4 rings (SSSR count). The zero-order valence-corrected chi connectivity index (χ0v) is 19.0. The Labute approximate surface area is 187 Å². The van der Waals surface area contributed by atoms with Crippen LogP contribution in [-0.4, -0.2) is 54.3 Å². The lowest BCUT2D eigenvalue weighted by Crippen LogP contribution is -2.47. The van der Waals surface area contributed by atoms with E-state index in [0.717, 1.165) is 25.7 Å². The van der Waals surface area contributed by atoms with Crippen LogP contribution >= 0.6 is 0 Å². The highest BCUT2D eigenvalue weighted by molar-refractivity contribution is 5.70. The van der Waals surface area contributed by atoms with Crippen LogP contribution < -0.4 is 4.90 Å². The Morgan fingerprint density at radius 1 is 1.25 bits per heavy atom. The van der Waals surface area contributed by atoms with Crippen LogP contribution in [0.5, 0.6) is 5.75 Å². The van der Waals surface area contributed by atoms with Crippen LogP contribution in [0.15, 0.2) is 30.7 Å². The van der Waals surface area contributed by atoms with Crippen LogP contribution in [0.25, 0.3) is 22.8 Å². The van der Waals surface area contributed by atoms with Gasteiger partial charge in [-0.3, -0.25) is 4.68 Å². The number of anilines is 1. The van der Waals surface area contributed by atoms with Gasteiger partial charge in [-0.05, 0) is 43.2 Å². The van der Waals surface area contributed by atoms with Gasteiger partial charge >= 0.3 is 0 Å². The number of alkyl halides is 1. The number of benzene rings is 1. The molecule has 1 fully saturated rings.